The second kappa shape index (κ2) is 64.1. The largest absolute Gasteiger partial charge is 0.472 e. The highest BCUT2D eigenvalue weighted by atomic mass is 31.2. The molecule has 3 N–H and O–H groups in total. The summed E-state index contributed by atoms with van der Waals surface area (Å²) in [6.45, 7) is 9.48. The van der Waals surface area contributed by atoms with Gasteiger partial charge < -0.3 is 33.8 Å². The molecule has 540 valence electrons. The Hall–Kier alpha value is -1.94. The second-order valence-electron chi connectivity index (χ2n) is 26.7. The first kappa shape index (κ1) is 89.1. The van der Waals surface area contributed by atoms with E-state index in [2.05, 4.69) is 41.5 Å². The maximum Gasteiger partial charge on any atom is 0.472 e. The van der Waals surface area contributed by atoms with Crippen LogP contribution in [0.5, 0.6) is 0 Å². The van der Waals surface area contributed by atoms with Crippen molar-refractivity contribution in [3.63, 3.8) is 0 Å². The van der Waals surface area contributed by atoms with E-state index in [1.807, 2.05) is 0 Å². The quantitative estimate of drug-likeness (QED) is 0.0222. The molecule has 0 radical (unpaired) electrons. The molecule has 6 atom stereocenters. The molecule has 0 aromatic rings. The maximum atomic E-state index is 13.0. The van der Waals surface area contributed by atoms with Crippen LogP contribution in [-0.2, 0) is 65.4 Å². The lowest BCUT2D eigenvalue weighted by Crippen LogP contribution is -2.30. The number of aliphatic hydroxyl groups is 1. The number of rotatable bonds is 71. The summed E-state index contributed by atoms with van der Waals surface area (Å²) in [6, 6.07) is 0. The third-order valence-electron chi connectivity index (χ3n) is 17.1. The van der Waals surface area contributed by atoms with Crippen LogP contribution in [0.1, 0.15) is 369 Å². The zero-order valence-corrected chi connectivity index (χ0v) is 60.9. The first-order valence-electron chi connectivity index (χ1n) is 37.5. The van der Waals surface area contributed by atoms with Crippen molar-refractivity contribution in [2.24, 2.45) is 11.8 Å². The Balaban J connectivity index is 5.24. The molecule has 3 unspecified atom stereocenters. The van der Waals surface area contributed by atoms with Gasteiger partial charge in [-0.15, -0.1) is 0 Å². The zero-order chi connectivity index (χ0) is 67.2. The number of phosphoric acid groups is 2. The molecule has 19 heteroatoms. The number of esters is 4. The van der Waals surface area contributed by atoms with E-state index >= 15 is 0 Å². The third kappa shape index (κ3) is 65.1. The normalized spacial score (nSPS) is 14.4. The summed E-state index contributed by atoms with van der Waals surface area (Å²) in [6.07, 6.45) is 50.0. The fraction of sp³-hybridized carbons (Fsp3) is 0.944. The summed E-state index contributed by atoms with van der Waals surface area (Å²) in [5, 5.41) is 10.6. The average Bonchev–Trinajstić information content (AvgIpc) is 3.73. The average molecular weight is 1340 g/mol. The molecule has 0 spiro atoms. The standard InChI is InChI=1S/C72H140O17P2/c1-7-10-12-14-16-18-20-22-23-24-25-27-29-31-36-44-50-56-71(76)88-67(60-82-69(74)54-48-42-35-30-28-26-21-19-17-15-13-11-8-2)62-86-90(78,79)84-58-66(73)59-85-91(80,81)87-63-68(61-83-70(75)55-49-43-39-38-40-46-52-64(4)5)89-72(77)57-51-45-37-33-32-34-41-47-53-65(6)9-3/h64-68,73H,7-63H2,1-6H3,(H,78,79)(H,80,81)/t65?,66-,67-,68-/m1/s1. The molecule has 0 saturated carbocycles. The molecule has 0 bridgehead atoms. The van der Waals surface area contributed by atoms with Crippen LogP contribution in [-0.4, -0.2) is 96.7 Å². The second-order valence-corrected chi connectivity index (χ2v) is 29.6. The van der Waals surface area contributed by atoms with E-state index in [1.54, 1.807) is 0 Å². The third-order valence-corrected chi connectivity index (χ3v) is 19.0. The molecule has 0 fully saturated rings. The van der Waals surface area contributed by atoms with Gasteiger partial charge in [-0.05, 0) is 37.5 Å². The molecule has 0 rings (SSSR count). The molecule has 0 aromatic heterocycles. The smallest absolute Gasteiger partial charge is 0.462 e. The van der Waals surface area contributed by atoms with Gasteiger partial charge in [0.05, 0.1) is 26.4 Å². The molecule has 17 nitrogen and oxygen atoms in total. The summed E-state index contributed by atoms with van der Waals surface area (Å²) in [7, 11) is -9.90. The summed E-state index contributed by atoms with van der Waals surface area (Å²) >= 11 is 0. The number of hydrogen-bond acceptors (Lipinski definition) is 15. The molecule has 91 heavy (non-hydrogen) atoms. The Labute approximate surface area is 556 Å². The van der Waals surface area contributed by atoms with E-state index in [4.69, 9.17) is 37.0 Å². The number of unbranched alkanes of at least 4 members (excludes halogenated alkanes) is 40. The molecule has 0 aliphatic heterocycles. The molecule has 0 aliphatic carbocycles. The molecule has 0 amide bonds. The monoisotopic (exact) mass is 1340 g/mol. The van der Waals surface area contributed by atoms with Crippen LogP contribution in [0, 0.1) is 11.8 Å². The highest BCUT2D eigenvalue weighted by Crippen LogP contribution is 2.45. The van der Waals surface area contributed by atoms with Crippen molar-refractivity contribution in [2.75, 3.05) is 39.6 Å². The number of ether oxygens (including phenoxy) is 4. The Kier molecular flexibility index (Phi) is 62.7. The van der Waals surface area contributed by atoms with Crippen LogP contribution in [0.4, 0.5) is 0 Å². The summed E-state index contributed by atoms with van der Waals surface area (Å²) in [5.41, 5.74) is 0. The van der Waals surface area contributed by atoms with E-state index in [1.165, 1.54) is 180 Å². The Bertz CT molecular complexity index is 1770. The Morgan fingerprint density at radius 3 is 0.835 bits per heavy atom. The number of aliphatic hydroxyl groups excluding tert-OH is 1. The minimum atomic E-state index is -4.95. The predicted octanol–water partition coefficient (Wildman–Crippen LogP) is 20.8. The van der Waals surface area contributed by atoms with Gasteiger partial charge in [-0.3, -0.25) is 37.3 Å². The van der Waals surface area contributed by atoms with Crippen LogP contribution in [0.25, 0.3) is 0 Å². The van der Waals surface area contributed by atoms with E-state index in [0.29, 0.717) is 31.6 Å². The van der Waals surface area contributed by atoms with Gasteiger partial charge in [0, 0.05) is 25.7 Å². The summed E-state index contributed by atoms with van der Waals surface area (Å²) in [5.74, 6) is -0.674. The first-order valence-corrected chi connectivity index (χ1v) is 40.5. The van der Waals surface area contributed by atoms with Gasteiger partial charge in [0.25, 0.3) is 0 Å². The highest BCUT2D eigenvalue weighted by molar-refractivity contribution is 7.47. The number of carbonyl (C=O) groups excluding carboxylic acids is 4. The molecular formula is C72H140O17P2. The van der Waals surface area contributed by atoms with Gasteiger partial charge in [0.2, 0.25) is 0 Å². The van der Waals surface area contributed by atoms with E-state index < -0.39 is 97.5 Å². The van der Waals surface area contributed by atoms with Gasteiger partial charge in [0.15, 0.2) is 12.2 Å². The van der Waals surface area contributed by atoms with Crippen molar-refractivity contribution in [3.8, 4) is 0 Å². The maximum absolute atomic E-state index is 13.0. The van der Waals surface area contributed by atoms with Gasteiger partial charge >= 0.3 is 39.5 Å². The lowest BCUT2D eigenvalue weighted by atomic mass is 9.99. The van der Waals surface area contributed by atoms with Crippen LogP contribution >= 0.6 is 15.6 Å². The fourth-order valence-corrected chi connectivity index (χ4v) is 12.5. The number of hydrogen-bond donors (Lipinski definition) is 3. The lowest BCUT2D eigenvalue weighted by Gasteiger charge is -2.21. The number of phosphoric ester groups is 2. The van der Waals surface area contributed by atoms with Crippen molar-refractivity contribution >= 4 is 39.5 Å². The van der Waals surface area contributed by atoms with Crippen molar-refractivity contribution in [1.29, 1.82) is 0 Å². The zero-order valence-electron chi connectivity index (χ0n) is 59.1. The highest BCUT2D eigenvalue weighted by Gasteiger charge is 2.30. The first-order chi connectivity index (χ1) is 43.9. The molecule has 0 aliphatic rings. The Morgan fingerprint density at radius 2 is 0.560 bits per heavy atom. The van der Waals surface area contributed by atoms with Crippen LogP contribution < -0.4 is 0 Å². The molecular weight excluding hydrogens is 1200 g/mol. The Morgan fingerprint density at radius 1 is 0.319 bits per heavy atom. The van der Waals surface area contributed by atoms with Crippen molar-refractivity contribution in [2.45, 2.75) is 387 Å². The lowest BCUT2D eigenvalue weighted by molar-refractivity contribution is -0.161. The van der Waals surface area contributed by atoms with Crippen LogP contribution in [0.15, 0.2) is 0 Å². The van der Waals surface area contributed by atoms with Crippen molar-refractivity contribution in [1.82, 2.24) is 0 Å². The summed E-state index contributed by atoms with van der Waals surface area (Å²) < 4.78 is 68.3. The van der Waals surface area contributed by atoms with Gasteiger partial charge in [0.1, 0.15) is 19.3 Å². The van der Waals surface area contributed by atoms with E-state index in [0.717, 1.165) is 102 Å². The molecule has 0 heterocycles. The topological polar surface area (TPSA) is 237 Å². The van der Waals surface area contributed by atoms with Gasteiger partial charge in [-0.1, -0.05) is 318 Å². The number of carbonyl (C=O) groups is 4. The fourth-order valence-electron chi connectivity index (χ4n) is 10.9. The van der Waals surface area contributed by atoms with Crippen molar-refractivity contribution in [3.05, 3.63) is 0 Å². The minimum absolute atomic E-state index is 0.104. The van der Waals surface area contributed by atoms with E-state index in [-0.39, 0.29) is 25.7 Å². The van der Waals surface area contributed by atoms with Gasteiger partial charge in [-0.2, -0.15) is 0 Å². The molecule has 0 saturated heterocycles. The van der Waals surface area contributed by atoms with E-state index in [9.17, 15) is 43.2 Å². The summed E-state index contributed by atoms with van der Waals surface area (Å²) in [4.78, 5) is 72.6. The van der Waals surface area contributed by atoms with Gasteiger partial charge in [-0.25, -0.2) is 9.13 Å². The van der Waals surface area contributed by atoms with Crippen LogP contribution in [0.3, 0.4) is 0 Å². The SMILES string of the molecule is CCCCCCCCCCCCCCCCCCCC(=O)O[C@H](COC(=O)CCCCCCCCCCCCCCC)COP(=O)(O)OC[C@@H](O)COP(=O)(O)OC[C@@H](COC(=O)CCCCCCCCC(C)C)OC(=O)CCCCCCCCCCC(C)CC. The van der Waals surface area contributed by atoms with Crippen molar-refractivity contribution < 1.29 is 80.2 Å². The predicted molar refractivity (Wildman–Crippen MR) is 368 cm³/mol. The minimum Gasteiger partial charge on any atom is -0.462 e. The molecule has 0 aromatic carbocycles. The van der Waals surface area contributed by atoms with Crippen LogP contribution in [0.2, 0.25) is 0 Å².